The predicted octanol–water partition coefficient (Wildman–Crippen LogP) is 0.326. The SMILES string of the molecule is CC1(C)CNCCN1CC(=O)N(CCC#N)CCC#N. The molecule has 110 valence electrons. The fraction of sp³-hybridized carbons (Fsp3) is 0.786. The molecule has 1 saturated heterocycles. The summed E-state index contributed by atoms with van der Waals surface area (Å²) in [6.45, 7) is 7.97. The molecule has 0 spiro atoms. The molecule has 1 N–H and O–H groups in total. The second-order valence-electron chi connectivity index (χ2n) is 5.61. The number of hydrogen-bond acceptors (Lipinski definition) is 5. The van der Waals surface area contributed by atoms with Crippen molar-refractivity contribution in [3.63, 3.8) is 0 Å². The van der Waals surface area contributed by atoms with Crippen LogP contribution in [-0.2, 0) is 4.79 Å². The highest BCUT2D eigenvalue weighted by Crippen LogP contribution is 2.16. The van der Waals surface area contributed by atoms with Gasteiger partial charge in [0.2, 0.25) is 5.91 Å². The van der Waals surface area contributed by atoms with Gasteiger partial charge >= 0.3 is 0 Å². The Labute approximate surface area is 120 Å². The molecule has 0 aromatic carbocycles. The number of piperazine rings is 1. The van der Waals surface area contributed by atoms with E-state index in [1.165, 1.54) is 0 Å². The van der Waals surface area contributed by atoms with Crippen molar-refractivity contribution in [1.29, 1.82) is 10.5 Å². The van der Waals surface area contributed by atoms with Crippen LogP contribution in [0.15, 0.2) is 0 Å². The summed E-state index contributed by atoms with van der Waals surface area (Å²) in [4.78, 5) is 16.1. The molecule has 0 aromatic rings. The monoisotopic (exact) mass is 277 g/mol. The molecule has 0 unspecified atom stereocenters. The van der Waals surface area contributed by atoms with Crippen LogP contribution in [0.2, 0.25) is 0 Å². The molecule has 0 aliphatic carbocycles. The van der Waals surface area contributed by atoms with E-state index in [1.54, 1.807) is 4.90 Å². The van der Waals surface area contributed by atoms with E-state index < -0.39 is 0 Å². The number of amides is 1. The maximum absolute atomic E-state index is 12.4. The van der Waals surface area contributed by atoms with Crippen molar-refractivity contribution >= 4 is 5.91 Å². The predicted molar refractivity (Wildman–Crippen MR) is 75.6 cm³/mol. The van der Waals surface area contributed by atoms with E-state index in [-0.39, 0.29) is 11.4 Å². The summed E-state index contributed by atoms with van der Waals surface area (Å²) < 4.78 is 0. The fourth-order valence-electron chi connectivity index (χ4n) is 2.31. The van der Waals surface area contributed by atoms with Crippen LogP contribution in [0.25, 0.3) is 0 Å². The summed E-state index contributed by atoms with van der Waals surface area (Å²) in [6.07, 6.45) is 0.615. The van der Waals surface area contributed by atoms with Gasteiger partial charge in [-0.25, -0.2) is 0 Å². The van der Waals surface area contributed by atoms with E-state index in [0.717, 1.165) is 19.6 Å². The lowest BCUT2D eigenvalue weighted by Gasteiger charge is -2.43. The lowest BCUT2D eigenvalue weighted by Crippen LogP contribution is -2.60. The largest absolute Gasteiger partial charge is 0.340 e. The molecule has 1 fully saturated rings. The Kier molecular flexibility index (Phi) is 6.44. The third-order valence-electron chi connectivity index (χ3n) is 3.64. The number of rotatable bonds is 6. The van der Waals surface area contributed by atoms with Gasteiger partial charge in [0, 0.05) is 38.3 Å². The zero-order chi connectivity index (χ0) is 15.0. The molecule has 1 heterocycles. The summed E-state index contributed by atoms with van der Waals surface area (Å²) in [7, 11) is 0. The topological polar surface area (TPSA) is 83.2 Å². The van der Waals surface area contributed by atoms with Gasteiger partial charge in [-0.3, -0.25) is 9.69 Å². The van der Waals surface area contributed by atoms with Crippen LogP contribution in [0, 0.1) is 22.7 Å². The molecule has 1 rings (SSSR count). The zero-order valence-electron chi connectivity index (χ0n) is 12.4. The van der Waals surface area contributed by atoms with Crippen molar-refractivity contribution in [3.8, 4) is 12.1 Å². The van der Waals surface area contributed by atoms with Gasteiger partial charge in [0.25, 0.3) is 0 Å². The molecular weight excluding hydrogens is 254 g/mol. The average molecular weight is 277 g/mol. The highest BCUT2D eigenvalue weighted by atomic mass is 16.2. The van der Waals surface area contributed by atoms with Gasteiger partial charge in [0.05, 0.1) is 31.5 Å². The van der Waals surface area contributed by atoms with E-state index >= 15 is 0 Å². The van der Waals surface area contributed by atoms with Gasteiger partial charge in [-0.1, -0.05) is 0 Å². The van der Waals surface area contributed by atoms with Crippen LogP contribution >= 0.6 is 0 Å². The number of nitriles is 2. The summed E-state index contributed by atoms with van der Waals surface area (Å²) in [5.74, 6) is 0.00507. The molecule has 0 atom stereocenters. The lowest BCUT2D eigenvalue weighted by atomic mass is 10.0. The van der Waals surface area contributed by atoms with Gasteiger partial charge < -0.3 is 10.2 Å². The van der Waals surface area contributed by atoms with Crippen LogP contribution < -0.4 is 5.32 Å². The van der Waals surface area contributed by atoms with Crippen LogP contribution in [0.5, 0.6) is 0 Å². The van der Waals surface area contributed by atoms with Gasteiger partial charge in [0.15, 0.2) is 0 Å². The third kappa shape index (κ3) is 4.80. The Morgan fingerprint density at radius 1 is 1.30 bits per heavy atom. The van der Waals surface area contributed by atoms with Gasteiger partial charge in [-0.2, -0.15) is 10.5 Å². The lowest BCUT2D eigenvalue weighted by molar-refractivity contribution is -0.134. The Hall–Kier alpha value is -1.63. The Morgan fingerprint density at radius 2 is 1.90 bits per heavy atom. The van der Waals surface area contributed by atoms with Gasteiger partial charge in [-0.15, -0.1) is 0 Å². The zero-order valence-corrected chi connectivity index (χ0v) is 12.4. The summed E-state index contributed by atoms with van der Waals surface area (Å²) >= 11 is 0. The van der Waals surface area contributed by atoms with E-state index in [1.807, 2.05) is 12.1 Å². The molecule has 6 nitrogen and oxygen atoms in total. The minimum Gasteiger partial charge on any atom is -0.340 e. The third-order valence-corrected chi connectivity index (χ3v) is 3.64. The molecule has 0 radical (unpaired) electrons. The van der Waals surface area contributed by atoms with E-state index in [9.17, 15) is 4.79 Å². The van der Waals surface area contributed by atoms with Crippen molar-refractivity contribution < 1.29 is 4.79 Å². The molecule has 0 bridgehead atoms. The fourth-order valence-corrected chi connectivity index (χ4v) is 2.31. The first-order chi connectivity index (χ1) is 9.51. The summed E-state index contributed by atoms with van der Waals surface area (Å²) in [5, 5.41) is 20.6. The van der Waals surface area contributed by atoms with Crippen LogP contribution in [-0.4, -0.2) is 60.5 Å². The van der Waals surface area contributed by atoms with Crippen LogP contribution in [0.3, 0.4) is 0 Å². The number of carbonyl (C=O) groups is 1. The minimum atomic E-state index is -0.0516. The Morgan fingerprint density at radius 3 is 2.40 bits per heavy atom. The Bertz CT molecular complexity index is 389. The highest BCUT2D eigenvalue weighted by molar-refractivity contribution is 5.78. The number of hydrogen-bond donors (Lipinski definition) is 1. The summed E-state index contributed by atoms with van der Waals surface area (Å²) in [5.41, 5.74) is -0.0516. The first-order valence-corrected chi connectivity index (χ1v) is 6.98. The molecule has 20 heavy (non-hydrogen) atoms. The van der Waals surface area contributed by atoms with E-state index in [2.05, 4.69) is 24.1 Å². The van der Waals surface area contributed by atoms with Crippen molar-refractivity contribution in [3.05, 3.63) is 0 Å². The number of nitrogens with one attached hydrogen (secondary N) is 1. The van der Waals surface area contributed by atoms with Crippen molar-refractivity contribution in [1.82, 2.24) is 15.1 Å². The number of carbonyl (C=O) groups excluding carboxylic acids is 1. The van der Waals surface area contributed by atoms with Gasteiger partial charge in [-0.05, 0) is 13.8 Å². The second-order valence-corrected chi connectivity index (χ2v) is 5.61. The summed E-state index contributed by atoms with van der Waals surface area (Å²) in [6, 6.07) is 4.10. The number of nitrogens with zero attached hydrogens (tertiary/aromatic N) is 4. The molecular formula is C14H23N5O. The molecule has 1 amide bonds. The quantitative estimate of drug-likeness (QED) is 0.756. The molecule has 6 heteroatoms. The molecule has 1 aliphatic rings. The molecule has 1 aliphatic heterocycles. The van der Waals surface area contributed by atoms with Crippen LogP contribution in [0.1, 0.15) is 26.7 Å². The van der Waals surface area contributed by atoms with Crippen molar-refractivity contribution in [2.45, 2.75) is 32.2 Å². The van der Waals surface area contributed by atoms with E-state index in [0.29, 0.717) is 32.5 Å². The van der Waals surface area contributed by atoms with Crippen LogP contribution in [0.4, 0.5) is 0 Å². The molecule has 0 aromatic heterocycles. The van der Waals surface area contributed by atoms with Gasteiger partial charge in [0.1, 0.15) is 0 Å². The maximum atomic E-state index is 12.4. The average Bonchev–Trinajstić information content (AvgIpc) is 2.41. The minimum absolute atomic E-state index is 0.00507. The Balaban J connectivity index is 2.60. The first kappa shape index (κ1) is 16.4. The normalized spacial score (nSPS) is 18.0. The van der Waals surface area contributed by atoms with Crippen molar-refractivity contribution in [2.24, 2.45) is 0 Å². The highest BCUT2D eigenvalue weighted by Gasteiger charge is 2.31. The smallest absolute Gasteiger partial charge is 0.236 e. The van der Waals surface area contributed by atoms with E-state index in [4.69, 9.17) is 10.5 Å². The maximum Gasteiger partial charge on any atom is 0.236 e. The molecule has 0 saturated carbocycles. The second kappa shape index (κ2) is 7.84. The first-order valence-electron chi connectivity index (χ1n) is 6.98. The van der Waals surface area contributed by atoms with Crippen molar-refractivity contribution in [2.75, 3.05) is 39.3 Å². The standard InChI is InChI=1S/C14H23N5O/c1-14(2)12-17-7-10-19(14)11-13(20)18(8-3-5-15)9-4-6-16/h17H,3-4,7-12H2,1-2H3.